The molecule has 1 aliphatic heterocycles. The van der Waals surface area contributed by atoms with Crippen molar-refractivity contribution in [3.05, 3.63) is 89.5 Å². The summed E-state index contributed by atoms with van der Waals surface area (Å²) in [6.07, 6.45) is 5.04. The number of aryl methyl sites for hydroxylation is 1. The summed E-state index contributed by atoms with van der Waals surface area (Å²) in [6.45, 7) is 0.893. The first-order chi connectivity index (χ1) is 14.6. The van der Waals surface area contributed by atoms with Gasteiger partial charge in [0, 0.05) is 24.7 Å². The Bertz CT molecular complexity index is 956. The zero-order valence-electron chi connectivity index (χ0n) is 17.1. The Labute approximate surface area is 178 Å². The van der Waals surface area contributed by atoms with Crippen LogP contribution in [0.4, 0.5) is 0 Å². The molecule has 0 aromatic heterocycles. The fraction of sp³-hybridized carbons (Fsp3) is 0.308. The lowest BCUT2D eigenvalue weighted by atomic mass is 10.0. The summed E-state index contributed by atoms with van der Waals surface area (Å²) in [5.41, 5.74) is 3.43. The van der Waals surface area contributed by atoms with E-state index in [2.05, 4.69) is 29.2 Å². The van der Waals surface area contributed by atoms with Gasteiger partial charge in [0.2, 0.25) is 0 Å². The summed E-state index contributed by atoms with van der Waals surface area (Å²) < 4.78 is 0. The van der Waals surface area contributed by atoms with Gasteiger partial charge in [-0.25, -0.2) is 0 Å². The predicted octanol–water partition coefficient (Wildman–Crippen LogP) is 5.01. The summed E-state index contributed by atoms with van der Waals surface area (Å²) in [5.74, 6) is 0.567. The van der Waals surface area contributed by atoms with Crippen molar-refractivity contribution in [2.24, 2.45) is 0 Å². The number of aromatic hydroxyl groups is 3. The second kappa shape index (κ2) is 9.23. The van der Waals surface area contributed by atoms with E-state index >= 15 is 0 Å². The van der Waals surface area contributed by atoms with E-state index in [0.29, 0.717) is 17.8 Å². The first-order valence-corrected chi connectivity index (χ1v) is 10.7. The molecule has 0 amide bonds. The smallest absolute Gasteiger partial charge is 0.122 e. The minimum atomic E-state index is 0.0931. The van der Waals surface area contributed by atoms with Gasteiger partial charge in [-0.1, -0.05) is 48.5 Å². The maximum atomic E-state index is 10.3. The van der Waals surface area contributed by atoms with E-state index in [0.717, 1.165) is 44.2 Å². The number of nitrogens with zero attached hydrogens (tertiary/aromatic N) is 1. The molecule has 2 atom stereocenters. The van der Waals surface area contributed by atoms with Crippen molar-refractivity contribution in [1.82, 2.24) is 4.90 Å². The van der Waals surface area contributed by atoms with Crippen molar-refractivity contribution in [1.29, 1.82) is 0 Å². The van der Waals surface area contributed by atoms with Gasteiger partial charge in [-0.2, -0.15) is 0 Å². The first kappa shape index (κ1) is 20.3. The third kappa shape index (κ3) is 4.95. The van der Waals surface area contributed by atoms with E-state index in [4.69, 9.17) is 0 Å². The molecule has 156 valence electrons. The maximum absolute atomic E-state index is 10.3. The van der Waals surface area contributed by atoms with Crippen molar-refractivity contribution in [3.8, 4) is 17.2 Å². The van der Waals surface area contributed by atoms with E-state index < -0.39 is 0 Å². The molecule has 3 N–H and O–H groups in total. The molecule has 0 bridgehead atoms. The van der Waals surface area contributed by atoms with Gasteiger partial charge in [-0.15, -0.1) is 0 Å². The SMILES string of the molecule is Oc1ccc(CCC2CCC(Cc3ccc(O)cc3O)N2Cc2ccccc2)cc1. The molecule has 0 saturated carbocycles. The minimum absolute atomic E-state index is 0.0931. The second-order valence-corrected chi connectivity index (χ2v) is 8.27. The molecule has 1 fully saturated rings. The van der Waals surface area contributed by atoms with Crippen molar-refractivity contribution >= 4 is 0 Å². The summed E-state index contributed by atoms with van der Waals surface area (Å²) in [5, 5.41) is 29.4. The number of rotatable bonds is 7. The number of hydrogen-bond acceptors (Lipinski definition) is 4. The molecule has 0 aliphatic carbocycles. The van der Waals surface area contributed by atoms with Crippen LogP contribution >= 0.6 is 0 Å². The number of phenols is 3. The Hall–Kier alpha value is -2.98. The van der Waals surface area contributed by atoms with Crippen LogP contribution in [0.2, 0.25) is 0 Å². The van der Waals surface area contributed by atoms with Crippen LogP contribution in [-0.2, 0) is 19.4 Å². The largest absolute Gasteiger partial charge is 0.508 e. The van der Waals surface area contributed by atoms with E-state index in [9.17, 15) is 15.3 Å². The lowest BCUT2D eigenvalue weighted by molar-refractivity contribution is 0.174. The minimum Gasteiger partial charge on any atom is -0.508 e. The summed E-state index contributed by atoms with van der Waals surface area (Å²) in [7, 11) is 0. The Morgan fingerprint density at radius 1 is 0.733 bits per heavy atom. The average molecular weight is 404 g/mol. The normalized spacial score (nSPS) is 19.2. The van der Waals surface area contributed by atoms with E-state index in [-0.39, 0.29) is 11.5 Å². The van der Waals surface area contributed by atoms with Gasteiger partial charge in [0.1, 0.15) is 17.2 Å². The lowest BCUT2D eigenvalue weighted by Crippen LogP contribution is -2.37. The quantitative estimate of drug-likeness (QED) is 0.519. The zero-order valence-corrected chi connectivity index (χ0v) is 17.1. The molecule has 0 spiro atoms. The molecule has 2 unspecified atom stereocenters. The van der Waals surface area contributed by atoms with Gasteiger partial charge in [-0.05, 0) is 67.0 Å². The Morgan fingerprint density at radius 2 is 1.43 bits per heavy atom. The molecule has 0 radical (unpaired) electrons. The molecule has 4 rings (SSSR count). The Morgan fingerprint density at radius 3 is 2.17 bits per heavy atom. The van der Waals surface area contributed by atoms with Crippen molar-refractivity contribution in [2.45, 2.75) is 50.7 Å². The highest BCUT2D eigenvalue weighted by Crippen LogP contribution is 2.33. The molecule has 1 aliphatic rings. The maximum Gasteiger partial charge on any atom is 0.122 e. The van der Waals surface area contributed by atoms with Crippen LogP contribution in [0.3, 0.4) is 0 Å². The summed E-state index contributed by atoms with van der Waals surface area (Å²) >= 11 is 0. The molecular formula is C26H29NO3. The van der Waals surface area contributed by atoms with E-state index in [1.165, 1.54) is 17.2 Å². The topological polar surface area (TPSA) is 63.9 Å². The van der Waals surface area contributed by atoms with Crippen LogP contribution < -0.4 is 0 Å². The number of phenolic OH excluding ortho intramolecular Hbond substituents is 3. The fourth-order valence-electron chi connectivity index (χ4n) is 4.57. The molecule has 1 saturated heterocycles. The lowest BCUT2D eigenvalue weighted by Gasteiger charge is -2.31. The third-order valence-electron chi connectivity index (χ3n) is 6.21. The molecule has 30 heavy (non-hydrogen) atoms. The molecule has 4 nitrogen and oxygen atoms in total. The van der Waals surface area contributed by atoms with Crippen molar-refractivity contribution in [2.75, 3.05) is 0 Å². The highest BCUT2D eigenvalue weighted by molar-refractivity contribution is 5.39. The molecule has 1 heterocycles. The highest BCUT2D eigenvalue weighted by Gasteiger charge is 2.33. The van der Waals surface area contributed by atoms with E-state index in [1.54, 1.807) is 18.2 Å². The number of benzene rings is 3. The van der Waals surface area contributed by atoms with Crippen LogP contribution in [0.25, 0.3) is 0 Å². The van der Waals surface area contributed by atoms with Crippen LogP contribution in [0.15, 0.2) is 72.8 Å². The summed E-state index contributed by atoms with van der Waals surface area (Å²) in [6, 6.07) is 23.8. The van der Waals surface area contributed by atoms with Crippen molar-refractivity contribution in [3.63, 3.8) is 0 Å². The van der Waals surface area contributed by atoms with Gasteiger partial charge in [0.05, 0.1) is 0 Å². The van der Waals surface area contributed by atoms with Gasteiger partial charge < -0.3 is 15.3 Å². The second-order valence-electron chi connectivity index (χ2n) is 8.27. The molecular weight excluding hydrogens is 374 g/mol. The summed E-state index contributed by atoms with van der Waals surface area (Å²) in [4.78, 5) is 2.59. The Balaban J connectivity index is 1.49. The van der Waals surface area contributed by atoms with Crippen LogP contribution in [0, 0.1) is 0 Å². The van der Waals surface area contributed by atoms with Crippen LogP contribution in [0.5, 0.6) is 17.2 Å². The Kier molecular flexibility index (Phi) is 6.24. The molecule has 4 heteroatoms. The monoisotopic (exact) mass is 403 g/mol. The van der Waals surface area contributed by atoms with Gasteiger partial charge in [0.25, 0.3) is 0 Å². The highest BCUT2D eigenvalue weighted by atomic mass is 16.3. The van der Waals surface area contributed by atoms with Crippen LogP contribution in [0.1, 0.15) is 36.0 Å². The van der Waals surface area contributed by atoms with Gasteiger partial charge in [0.15, 0.2) is 0 Å². The number of likely N-dealkylation sites (tertiary alicyclic amines) is 1. The fourth-order valence-corrected chi connectivity index (χ4v) is 4.57. The van der Waals surface area contributed by atoms with Crippen molar-refractivity contribution < 1.29 is 15.3 Å². The zero-order chi connectivity index (χ0) is 20.9. The third-order valence-corrected chi connectivity index (χ3v) is 6.21. The van der Waals surface area contributed by atoms with Crippen LogP contribution in [-0.4, -0.2) is 32.3 Å². The van der Waals surface area contributed by atoms with Gasteiger partial charge >= 0.3 is 0 Å². The molecule has 3 aromatic rings. The molecule has 3 aromatic carbocycles. The first-order valence-electron chi connectivity index (χ1n) is 10.7. The average Bonchev–Trinajstić information content (AvgIpc) is 3.11. The standard InChI is InChI=1S/C26H29NO3/c28-24-13-7-19(8-14-24)6-10-22-11-12-23(16-21-9-15-25(29)17-26(21)30)27(22)18-20-4-2-1-3-5-20/h1-5,7-9,13-15,17,22-23,28-30H,6,10-12,16,18H2. The number of hydrogen-bond donors (Lipinski definition) is 3. The van der Waals surface area contributed by atoms with E-state index in [1.807, 2.05) is 24.3 Å². The van der Waals surface area contributed by atoms with Gasteiger partial charge in [-0.3, -0.25) is 4.90 Å². The predicted molar refractivity (Wildman–Crippen MR) is 119 cm³/mol.